The first-order chi connectivity index (χ1) is 9.17. The number of nitrogens with one attached hydrogen (secondary N) is 1. The van der Waals surface area contributed by atoms with Gasteiger partial charge in [0.2, 0.25) is 5.95 Å². The minimum absolute atomic E-state index is 0.0319. The standard InChI is InChI=1S/C12H13F2N5/c1-2-19(10-6-4-3-5-8(10)13)11-9(14)7-16-12(17-11)18-15/h3-7H,2,15H2,1H3,(H,16,17,18). The number of nitrogen functional groups attached to an aromatic ring is 1. The van der Waals surface area contributed by atoms with Gasteiger partial charge in [-0.3, -0.25) is 5.43 Å². The van der Waals surface area contributed by atoms with E-state index in [9.17, 15) is 8.78 Å². The average Bonchev–Trinajstić information content (AvgIpc) is 2.43. The van der Waals surface area contributed by atoms with Crippen molar-refractivity contribution in [1.29, 1.82) is 0 Å². The highest BCUT2D eigenvalue weighted by Gasteiger charge is 2.17. The van der Waals surface area contributed by atoms with Crippen molar-refractivity contribution in [2.45, 2.75) is 6.92 Å². The maximum absolute atomic E-state index is 13.8. The third-order valence-corrected chi connectivity index (χ3v) is 2.57. The van der Waals surface area contributed by atoms with E-state index in [1.807, 2.05) is 0 Å². The summed E-state index contributed by atoms with van der Waals surface area (Å²) in [5, 5.41) is 0. The van der Waals surface area contributed by atoms with Crippen LogP contribution in [0.1, 0.15) is 6.92 Å². The van der Waals surface area contributed by atoms with E-state index in [0.29, 0.717) is 6.54 Å². The lowest BCUT2D eigenvalue weighted by Gasteiger charge is -2.23. The number of nitrogens with zero attached hydrogens (tertiary/aromatic N) is 3. The Morgan fingerprint density at radius 2 is 2.00 bits per heavy atom. The SMILES string of the molecule is CCN(c1ccccc1F)c1nc(NN)ncc1F. The minimum Gasteiger partial charge on any atom is -0.322 e. The van der Waals surface area contributed by atoms with Crippen molar-refractivity contribution in [2.75, 3.05) is 16.9 Å². The number of para-hydroxylation sites is 1. The summed E-state index contributed by atoms with van der Waals surface area (Å²) < 4.78 is 27.6. The fraction of sp³-hybridized carbons (Fsp3) is 0.167. The normalized spacial score (nSPS) is 10.3. The van der Waals surface area contributed by atoms with Crippen LogP contribution in [0.15, 0.2) is 30.5 Å². The lowest BCUT2D eigenvalue weighted by molar-refractivity contribution is 0.604. The smallest absolute Gasteiger partial charge is 0.239 e. The number of anilines is 3. The average molecular weight is 265 g/mol. The second-order valence-electron chi connectivity index (χ2n) is 3.71. The van der Waals surface area contributed by atoms with Crippen LogP contribution in [0, 0.1) is 11.6 Å². The summed E-state index contributed by atoms with van der Waals surface area (Å²) >= 11 is 0. The zero-order chi connectivity index (χ0) is 13.8. The van der Waals surface area contributed by atoms with Gasteiger partial charge in [0, 0.05) is 6.54 Å². The van der Waals surface area contributed by atoms with Crippen LogP contribution in [-0.4, -0.2) is 16.5 Å². The number of halogens is 2. The number of benzene rings is 1. The van der Waals surface area contributed by atoms with Crippen molar-refractivity contribution in [1.82, 2.24) is 9.97 Å². The van der Waals surface area contributed by atoms with Gasteiger partial charge in [-0.05, 0) is 19.1 Å². The molecule has 0 spiro atoms. The van der Waals surface area contributed by atoms with Crippen LogP contribution in [0.5, 0.6) is 0 Å². The number of hydrazine groups is 1. The van der Waals surface area contributed by atoms with Crippen molar-refractivity contribution >= 4 is 17.5 Å². The molecule has 0 atom stereocenters. The summed E-state index contributed by atoms with van der Waals surface area (Å²) in [6.07, 6.45) is 0.987. The summed E-state index contributed by atoms with van der Waals surface area (Å²) in [4.78, 5) is 8.97. The molecule has 0 aliphatic rings. The molecule has 1 aromatic heterocycles. The first kappa shape index (κ1) is 13.2. The maximum atomic E-state index is 13.8. The molecule has 0 amide bonds. The Balaban J connectivity index is 2.51. The second-order valence-corrected chi connectivity index (χ2v) is 3.71. The molecule has 0 fully saturated rings. The molecule has 3 N–H and O–H groups in total. The quantitative estimate of drug-likeness (QED) is 0.655. The summed E-state index contributed by atoms with van der Waals surface area (Å²) in [5.74, 6) is 4.12. The molecule has 0 bridgehead atoms. The van der Waals surface area contributed by atoms with Gasteiger partial charge in [-0.2, -0.15) is 4.98 Å². The first-order valence-corrected chi connectivity index (χ1v) is 5.68. The molecule has 0 aliphatic heterocycles. The number of aromatic nitrogens is 2. The van der Waals surface area contributed by atoms with E-state index in [2.05, 4.69) is 15.4 Å². The van der Waals surface area contributed by atoms with Crippen LogP contribution in [0.2, 0.25) is 0 Å². The highest BCUT2D eigenvalue weighted by atomic mass is 19.1. The van der Waals surface area contributed by atoms with Crippen molar-refractivity contribution < 1.29 is 8.78 Å². The Hall–Kier alpha value is -2.28. The van der Waals surface area contributed by atoms with Gasteiger partial charge in [0.15, 0.2) is 11.6 Å². The predicted molar refractivity (Wildman–Crippen MR) is 68.9 cm³/mol. The highest BCUT2D eigenvalue weighted by Crippen LogP contribution is 2.28. The molecule has 2 aromatic rings. The van der Waals surface area contributed by atoms with Crippen LogP contribution in [0.4, 0.5) is 26.2 Å². The molecule has 1 aromatic carbocycles. The van der Waals surface area contributed by atoms with Gasteiger partial charge in [-0.15, -0.1) is 0 Å². The fourth-order valence-corrected chi connectivity index (χ4v) is 1.72. The van der Waals surface area contributed by atoms with E-state index >= 15 is 0 Å². The summed E-state index contributed by atoms with van der Waals surface area (Å²) in [7, 11) is 0. The molecular weight excluding hydrogens is 252 g/mol. The Kier molecular flexibility index (Phi) is 3.86. The Labute approximate surface area is 109 Å². The molecular formula is C12H13F2N5. The van der Waals surface area contributed by atoms with E-state index in [4.69, 9.17) is 5.84 Å². The maximum Gasteiger partial charge on any atom is 0.239 e. The molecule has 0 saturated heterocycles. The topological polar surface area (TPSA) is 67.1 Å². The molecule has 7 heteroatoms. The monoisotopic (exact) mass is 265 g/mol. The predicted octanol–water partition coefficient (Wildman–Crippen LogP) is 2.20. The zero-order valence-electron chi connectivity index (χ0n) is 10.3. The molecule has 100 valence electrons. The Bertz CT molecular complexity index is 576. The molecule has 19 heavy (non-hydrogen) atoms. The number of rotatable bonds is 4. The van der Waals surface area contributed by atoms with Crippen LogP contribution in [-0.2, 0) is 0 Å². The summed E-state index contributed by atoms with van der Waals surface area (Å²) in [6, 6.07) is 6.09. The van der Waals surface area contributed by atoms with Crippen molar-refractivity contribution in [3.63, 3.8) is 0 Å². The summed E-state index contributed by atoms with van der Waals surface area (Å²) in [6.45, 7) is 2.11. The third-order valence-electron chi connectivity index (χ3n) is 2.57. The molecule has 0 saturated carbocycles. The lowest BCUT2D eigenvalue weighted by Crippen LogP contribution is -2.21. The van der Waals surface area contributed by atoms with Crippen molar-refractivity contribution in [3.05, 3.63) is 42.1 Å². The van der Waals surface area contributed by atoms with Gasteiger partial charge in [0.1, 0.15) is 5.82 Å². The minimum atomic E-state index is -0.649. The Morgan fingerprint density at radius 3 is 2.63 bits per heavy atom. The van der Waals surface area contributed by atoms with Gasteiger partial charge >= 0.3 is 0 Å². The fourth-order valence-electron chi connectivity index (χ4n) is 1.72. The molecule has 5 nitrogen and oxygen atoms in total. The van der Waals surface area contributed by atoms with Crippen LogP contribution >= 0.6 is 0 Å². The van der Waals surface area contributed by atoms with E-state index in [1.165, 1.54) is 11.0 Å². The molecule has 1 heterocycles. The number of hydrogen-bond acceptors (Lipinski definition) is 5. The molecule has 0 aliphatic carbocycles. The molecule has 0 radical (unpaired) electrons. The Morgan fingerprint density at radius 1 is 1.26 bits per heavy atom. The van der Waals surface area contributed by atoms with Crippen molar-refractivity contribution in [3.8, 4) is 0 Å². The summed E-state index contributed by atoms with van der Waals surface area (Å²) in [5.41, 5.74) is 2.47. The number of nitrogens with two attached hydrogens (primary N) is 1. The largest absolute Gasteiger partial charge is 0.322 e. The van der Waals surface area contributed by atoms with Crippen LogP contribution < -0.4 is 16.2 Å². The van der Waals surface area contributed by atoms with E-state index in [-0.39, 0.29) is 17.5 Å². The van der Waals surface area contributed by atoms with Crippen molar-refractivity contribution in [2.24, 2.45) is 5.84 Å². The van der Waals surface area contributed by atoms with E-state index in [0.717, 1.165) is 6.20 Å². The van der Waals surface area contributed by atoms with Crippen LogP contribution in [0.25, 0.3) is 0 Å². The van der Waals surface area contributed by atoms with Gasteiger partial charge in [-0.1, -0.05) is 12.1 Å². The van der Waals surface area contributed by atoms with E-state index in [1.54, 1.807) is 25.1 Å². The van der Waals surface area contributed by atoms with E-state index < -0.39 is 11.6 Å². The first-order valence-electron chi connectivity index (χ1n) is 5.68. The lowest BCUT2D eigenvalue weighted by atomic mass is 10.2. The highest BCUT2D eigenvalue weighted by molar-refractivity contribution is 5.61. The van der Waals surface area contributed by atoms with Gasteiger partial charge in [0.25, 0.3) is 0 Å². The second kappa shape index (κ2) is 5.57. The van der Waals surface area contributed by atoms with Gasteiger partial charge in [0.05, 0.1) is 11.9 Å². The van der Waals surface area contributed by atoms with Gasteiger partial charge < -0.3 is 4.90 Å². The van der Waals surface area contributed by atoms with Gasteiger partial charge in [-0.25, -0.2) is 19.6 Å². The number of hydrogen-bond donors (Lipinski definition) is 2. The molecule has 0 unspecified atom stereocenters. The molecule has 2 rings (SSSR count). The third kappa shape index (κ3) is 2.60. The zero-order valence-corrected chi connectivity index (χ0v) is 10.3. The van der Waals surface area contributed by atoms with Crippen LogP contribution in [0.3, 0.4) is 0 Å².